The Morgan fingerprint density at radius 3 is 2.33 bits per heavy atom. The number of hydrogen-bond acceptors (Lipinski definition) is 1. The molecule has 2 aliphatic rings. The summed E-state index contributed by atoms with van der Waals surface area (Å²) in [4.78, 5) is 0. The third-order valence-corrected chi connectivity index (χ3v) is 2.74. The van der Waals surface area contributed by atoms with Gasteiger partial charge in [-0.2, -0.15) is 0 Å². The zero-order chi connectivity index (χ0) is 6.32. The lowest BCUT2D eigenvalue weighted by Gasteiger charge is -2.38. The molecule has 0 aromatic rings. The van der Waals surface area contributed by atoms with Crippen molar-refractivity contribution in [1.29, 1.82) is 0 Å². The van der Waals surface area contributed by atoms with Crippen molar-refractivity contribution in [2.45, 2.75) is 44.1 Å². The van der Waals surface area contributed by atoms with E-state index in [-0.39, 0.29) is 0 Å². The molecule has 0 aromatic carbocycles. The van der Waals surface area contributed by atoms with Crippen LogP contribution in [-0.2, 0) is 0 Å². The summed E-state index contributed by atoms with van der Waals surface area (Å²) in [6.07, 6.45) is 8.21. The van der Waals surface area contributed by atoms with Crippen LogP contribution in [0.1, 0.15) is 38.5 Å². The Morgan fingerprint density at radius 2 is 2.00 bits per heavy atom. The second-order valence-corrected chi connectivity index (χ2v) is 3.86. The zero-order valence-corrected chi connectivity index (χ0v) is 5.90. The molecule has 0 unspecified atom stereocenters. The van der Waals surface area contributed by atoms with Crippen molar-refractivity contribution in [2.24, 2.45) is 11.7 Å². The summed E-state index contributed by atoms with van der Waals surface area (Å²) in [5, 5.41) is 0. The van der Waals surface area contributed by atoms with E-state index < -0.39 is 0 Å². The van der Waals surface area contributed by atoms with E-state index in [0.29, 0.717) is 5.54 Å². The van der Waals surface area contributed by atoms with Crippen molar-refractivity contribution in [2.75, 3.05) is 0 Å². The minimum absolute atomic E-state index is 0.307. The minimum Gasteiger partial charge on any atom is -0.325 e. The molecular formula is C8H15N. The van der Waals surface area contributed by atoms with E-state index in [0.717, 1.165) is 5.92 Å². The van der Waals surface area contributed by atoms with Crippen LogP contribution in [0, 0.1) is 5.92 Å². The highest BCUT2D eigenvalue weighted by Crippen LogP contribution is 2.43. The van der Waals surface area contributed by atoms with Crippen molar-refractivity contribution >= 4 is 0 Å². The highest BCUT2D eigenvalue weighted by atomic mass is 14.8. The quantitative estimate of drug-likeness (QED) is 0.597. The molecule has 52 valence electrons. The summed E-state index contributed by atoms with van der Waals surface area (Å²) in [7, 11) is 0. The first kappa shape index (κ1) is 5.72. The third kappa shape index (κ3) is 1.11. The van der Waals surface area contributed by atoms with Gasteiger partial charge in [0.05, 0.1) is 0 Å². The van der Waals surface area contributed by atoms with Gasteiger partial charge < -0.3 is 5.73 Å². The molecular weight excluding hydrogens is 110 g/mol. The van der Waals surface area contributed by atoms with Crippen molar-refractivity contribution in [1.82, 2.24) is 0 Å². The summed E-state index contributed by atoms with van der Waals surface area (Å²) >= 11 is 0. The van der Waals surface area contributed by atoms with E-state index in [9.17, 15) is 0 Å². The van der Waals surface area contributed by atoms with Crippen LogP contribution in [0.4, 0.5) is 0 Å². The van der Waals surface area contributed by atoms with Crippen LogP contribution < -0.4 is 5.73 Å². The molecule has 2 aliphatic carbocycles. The summed E-state index contributed by atoms with van der Waals surface area (Å²) in [5.74, 6) is 1.02. The molecule has 1 nitrogen and oxygen atoms in total. The minimum atomic E-state index is 0.307. The van der Waals surface area contributed by atoms with Gasteiger partial charge in [-0.05, 0) is 31.6 Å². The van der Waals surface area contributed by atoms with Gasteiger partial charge in [0.1, 0.15) is 0 Å². The molecule has 0 aromatic heterocycles. The molecule has 2 saturated carbocycles. The lowest BCUT2D eigenvalue weighted by molar-refractivity contribution is 0.221. The maximum absolute atomic E-state index is 6.04. The van der Waals surface area contributed by atoms with Gasteiger partial charge in [0.2, 0.25) is 0 Å². The average Bonchev–Trinajstić information content (AvgIpc) is 2.46. The average molecular weight is 125 g/mol. The zero-order valence-electron chi connectivity index (χ0n) is 5.90. The smallest absolute Gasteiger partial charge is 0.0157 e. The Hall–Kier alpha value is -0.0400. The van der Waals surface area contributed by atoms with Crippen LogP contribution >= 0.6 is 0 Å². The molecule has 0 aliphatic heterocycles. The molecule has 0 spiro atoms. The van der Waals surface area contributed by atoms with Gasteiger partial charge in [-0.3, -0.25) is 0 Å². The van der Waals surface area contributed by atoms with Gasteiger partial charge in [-0.15, -0.1) is 0 Å². The van der Waals surface area contributed by atoms with Crippen LogP contribution in [0.25, 0.3) is 0 Å². The molecule has 9 heavy (non-hydrogen) atoms. The second kappa shape index (κ2) is 1.72. The van der Waals surface area contributed by atoms with Crippen LogP contribution in [0.5, 0.6) is 0 Å². The van der Waals surface area contributed by atoms with E-state index >= 15 is 0 Å². The highest BCUT2D eigenvalue weighted by molar-refractivity contribution is 4.96. The number of nitrogens with two attached hydrogens (primary N) is 1. The van der Waals surface area contributed by atoms with E-state index in [1.807, 2.05) is 0 Å². The molecule has 0 heterocycles. The monoisotopic (exact) mass is 125 g/mol. The summed E-state index contributed by atoms with van der Waals surface area (Å²) in [5.41, 5.74) is 6.35. The van der Waals surface area contributed by atoms with Gasteiger partial charge in [0, 0.05) is 5.54 Å². The van der Waals surface area contributed by atoms with Crippen molar-refractivity contribution in [3.8, 4) is 0 Å². The predicted molar refractivity (Wildman–Crippen MR) is 38.1 cm³/mol. The molecule has 0 radical (unpaired) electrons. The van der Waals surface area contributed by atoms with Gasteiger partial charge in [0.25, 0.3) is 0 Å². The van der Waals surface area contributed by atoms with Crippen LogP contribution in [0.3, 0.4) is 0 Å². The van der Waals surface area contributed by atoms with E-state index in [1.54, 1.807) is 0 Å². The van der Waals surface area contributed by atoms with Gasteiger partial charge >= 0.3 is 0 Å². The molecule has 2 fully saturated rings. The fourth-order valence-corrected chi connectivity index (χ4v) is 1.73. The summed E-state index contributed by atoms with van der Waals surface area (Å²) < 4.78 is 0. The van der Waals surface area contributed by atoms with E-state index in [2.05, 4.69) is 0 Å². The first-order valence-corrected chi connectivity index (χ1v) is 4.07. The number of rotatable bonds is 2. The molecule has 1 heteroatoms. The maximum Gasteiger partial charge on any atom is 0.0157 e. The molecule has 0 saturated heterocycles. The van der Waals surface area contributed by atoms with Crippen LogP contribution in [0.2, 0.25) is 0 Å². The Morgan fingerprint density at radius 1 is 1.33 bits per heavy atom. The standard InChI is InChI=1S/C8H15N/c9-8(4-1-5-8)6-7-2-3-7/h7H,1-6,9H2. The fourth-order valence-electron chi connectivity index (χ4n) is 1.73. The number of hydrogen-bond donors (Lipinski definition) is 1. The van der Waals surface area contributed by atoms with Crippen molar-refractivity contribution < 1.29 is 0 Å². The largest absolute Gasteiger partial charge is 0.325 e. The van der Waals surface area contributed by atoms with Gasteiger partial charge in [-0.1, -0.05) is 12.8 Å². The normalized spacial score (nSPS) is 31.7. The maximum atomic E-state index is 6.04. The third-order valence-electron chi connectivity index (χ3n) is 2.74. The SMILES string of the molecule is NC1(CC2CC2)CCC1. The van der Waals surface area contributed by atoms with E-state index in [4.69, 9.17) is 5.73 Å². The van der Waals surface area contributed by atoms with E-state index in [1.165, 1.54) is 38.5 Å². The van der Waals surface area contributed by atoms with Crippen molar-refractivity contribution in [3.05, 3.63) is 0 Å². The Bertz CT molecular complexity index is 112. The summed E-state index contributed by atoms with van der Waals surface area (Å²) in [6.45, 7) is 0. The topological polar surface area (TPSA) is 26.0 Å². The Kier molecular flexibility index (Phi) is 1.10. The molecule has 2 N–H and O–H groups in total. The van der Waals surface area contributed by atoms with Gasteiger partial charge in [0.15, 0.2) is 0 Å². The fraction of sp³-hybridized carbons (Fsp3) is 1.00. The van der Waals surface area contributed by atoms with Crippen LogP contribution in [0.15, 0.2) is 0 Å². The first-order valence-electron chi connectivity index (χ1n) is 4.07. The lowest BCUT2D eigenvalue weighted by atomic mass is 9.74. The molecule has 0 amide bonds. The van der Waals surface area contributed by atoms with Crippen molar-refractivity contribution in [3.63, 3.8) is 0 Å². The Balaban J connectivity index is 1.81. The molecule has 0 bridgehead atoms. The molecule has 0 atom stereocenters. The summed E-state index contributed by atoms with van der Waals surface area (Å²) in [6, 6.07) is 0. The predicted octanol–water partition coefficient (Wildman–Crippen LogP) is 1.67. The van der Waals surface area contributed by atoms with Crippen LogP contribution in [-0.4, -0.2) is 5.54 Å². The Labute approximate surface area is 56.6 Å². The lowest BCUT2D eigenvalue weighted by Crippen LogP contribution is -2.46. The second-order valence-electron chi connectivity index (χ2n) is 3.86. The van der Waals surface area contributed by atoms with Gasteiger partial charge in [-0.25, -0.2) is 0 Å². The molecule has 2 rings (SSSR count). The first-order chi connectivity index (χ1) is 4.29. The highest BCUT2D eigenvalue weighted by Gasteiger charge is 2.37.